The van der Waals surface area contributed by atoms with Crippen molar-refractivity contribution in [3.8, 4) is 0 Å². The Morgan fingerprint density at radius 3 is 2.78 bits per heavy atom. The summed E-state index contributed by atoms with van der Waals surface area (Å²) < 4.78 is 0. The molecule has 0 spiro atoms. The molecule has 0 fully saturated rings. The van der Waals surface area contributed by atoms with Crippen LogP contribution in [-0.2, 0) is 9.59 Å². The van der Waals surface area contributed by atoms with Crippen molar-refractivity contribution in [3.05, 3.63) is 40.9 Å². The number of nitrogens with one attached hydrogen (secondary N) is 1. The first-order valence-corrected chi connectivity index (χ1v) is 8.38. The standard InChI is InChI=1S/C18H23ClN2O2/c1-3-21(18(23)14-7-5-4-6-8-14)12-17(22)20-16-11-15(19)10-9-13(16)2/h4-5,9-11,14H,3,6-8,12H2,1-2H3,(H,20,22). The number of halogens is 1. The highest BCUT2D eigenvalue weighted by Gasteiger charge is 2.25. The van der Waals surface area contributed by atoms with E-state index in [1.54, 1.807) is 17.0 Å². The summed E-state index contributed by atoms with van der Waals surface area (Å²) in [5.74, 6) is -0.132. The van der Waals surface area contributed by atoms with Crippen LogP contribution in [-0.4, -0.2) is 29.8 Å². The van der Waals surface area contributed by atoms with Gasteiger partial charge in [-0.05, 0) is 50.8 Å². The Morgan fingerprint density at radius 2 is 2.13 bits per heavy atom. The van der Waals surface area contributed by atoms with Gasteiger partial charge in [-0.3, -0.25) is 9.59 Å². The van der Waals surface area contributed by atoms with Crippen molar-refractivity contribution >= 4 is 29.1 Å². The molecule has 1 aliphatic rings. The van der Waals surface area contributed by atoms with E-state index in [-0.39, 0.29) is 24.3 Å². The maximum absolute atomic E-state index is 12.5. The normalized spacial score (nSPS) is 16.9. The first-order chi connectivity index (χ1) is 11.0. The van der Waals surface area contributed by atoms with E-state index in [0.29, 0.717) is 17.3 Å². The number of carbonyl (C=O) groups is 2. The lowest BCUT2D eigenvalue weighted by Gasteiger charge is -2.26. The van der Waals surface area contributed by atoms with E-state index in [2.05, 4.69) is 17.5 Å². The first kappa shape index (κ1) is 17.5. The molecule has 1 atom stereocenters. The largest absolute Gasteiger partial charge is 0.333 e. The van der Waals surface area contributed by atoms with Crippen molar-refractivity contribution < 1.29 is 9.59 Å². The van der Waals surface area contributed by atoms with Gasteiger partial charge in [0.05, 0.1) is 6.54 Å². The van der Waals surface area contributed by atoms with Crippen molar-refractivity contribution in [2.24, 2.45) is 5.92 Å². The van der Waals surface area contributed by atoms with Gasteiger partial charge in [0.2, 0.25) is 11.8 Å². The number of likely N-dealkylation sites (N-methyl/N-ethyl adjacent to an activating group) is 1. The van der Waals surface area contributed by atoms with Gasteiger partial charge in [0.1, 0.15) is 0 Å². The van der Waals surface area contributed by atoms with Crippen LogP contribution in [0.15, 0.2) is 30.4 Å². The summed E-state index contributed by atoms with van der Waals surface area (Å²) in [6, 6.07) is 5.36. The molecule has 0 aliphatic heterocycles. The summed E-state index contributed by atoms with van der Waals surface area (Å²) in [6.07, 6.45) is 6.72. The zero-order valence-electron chi connectivity index (χ0n) is 13.6. The molecule has 0 saturated carbocycles. The van der Waals surface area contributed by atoms with Crippen LogP contribution in [0.5, 0.6) is 0 Å². The summed E-state index contributed by atoms with van der Waals surface area (Å²) in [6.45, 7) is 4.40. The zero-order chi connectivity index (χ0) is 16.8. The smallest absolute Gasteiger partial charge is 0.244 e. The van der Waals surface area contributed by atoms with Crippen molar-refractivity contribution in [3.63, 3.8) is 0 Å². The van der Waals surface area contributed by atoms with E-state index in [1.165, 1.54) is 0 Å². The summed E-state index contributed by atoms with van der Waals surface area (Å²) in [7, 11) is 0. The molecule has 4 nitrogen and oxygen atoms in total. The van der Waals surface area contributed by atoms with Gasteiger partial charge < -0.3 is 10.2 Å². The van der Waals surface area contributed by atoms with Crippen molar-refractivity contribution in [1.29, 1.82) is 0 Å². The minimum absolute atomic E-state index is 0.000607. The molecule has 1 aromatic carbocycles. The van der Waals surface area contributed by atoms with Crippen LogP contribution >= 0.6 is 11.6 Å². The second kappa shape index (κ2) is 8.16. The van der Waals surface area contributed by atoms with E-state index < -0.39 is 0 Å². The Labute approximate surface area is 142 Å². The number of amides is 2. The number of rotatable bonds is 5. The maximum Gasteiger partial charge on any atom is 0.244 e. The number of hydrogen-bond donors (Lipinski definition) is 1. The van der Waals surface area contributed by atoms with Crippen LogP contribution in [0.4, 0.5) is 5.69 Å². The van der Waals surface area contributed by atoms with Gasteiger partial charge in [0.25, 0.3) is 0 Å². The molecule has 1 aliphatic carbocycles. The number of benzene rings is 1. The third kappa shape index (κ3) is 4.83. The van der Waals surface area contributed by atoms with Crippen LogP contribution in [0.1, 0.15) is 31.7 Å². The Balaban J connectivity index is 1.97. The second-order valence-electron chi connectivity index (χ2n) is 5.84. The molecule has 5 heteroatoms. The summed E-state index contributed by atoms with van der Waals surface area (Å²) in [4.78, 5) is 26.4. The predicted octanol–water partition coefficient (Wildman–Crippen LogP) is 3.79. The average molecular weight is 335 g/mol. The van der Waals surface area contributed by atoms with Gasteiger partial charge >= 0.3 is 0 Å². The molecule has 2 rings (SSSR count). The van der Waals surface area contributed by atoms with E-state index in [4.69, 9.17) is 11.6 Å². The first-order valence-electron chi connectivity index (χ1n) is 8.01. The van der Waals surface area contributed by atoms with Crippen LogP contribution in [0.3, 0.4) is 0 Å². The lowest BCUT2D eigenvalue weighted by Crippen LogP contribution is -2.41. The molecule has 2 amide bonds. The number of anilines is 1. The van der Waals surface area contributed by atoms with Crippen molar-refractivity contribution in [2.45, 2.75) is 33.1 Å². The number of hydrogen-bond acceptors (Lipinski definition) is 2. The highest BCUT2D eigenvalue weighted by Crippen LogP contribution is 2.22. The quantitative estimate of drug-likeness (QED) is 0.833. The van der Waals surface area contributed by atoms with E-state index in [0.717, 1.165) is 24.8 Å². The molecule has 0 bridgehead atoms. The van der Waals surface area contributed by atoms with Gasteiger partial charge in [0.15, 0.2) is 0 Å². The van der Waals surface area contributed by atoms with Gasteiger partial charge in [-0.2, -0.15) is 0 Å². The number of carbonyl (C=O) groups excluding carboxylic acids is 2. The maximum atomic E-state index is 12.5. The van der Waals surface area contributed by atoms with Crippen molar-refractivity contribution in [2.75, 3.05) is 18.4 Å². The fraction of sp³-hybridized carbons (Fsp3) is 0.444. The molecule has 1 unspecified atom stereocenters. The van der Waals surface area contributed by atoms with E-state index in [9.17, 15) is 9.59 Å². The number of aryl methyl sites for hydroxylation is 1. The Kier molecular flexibility index (Phi) is 6.22. The van der Waals surface area contributed by atoms with E-state index >= 15 is 0 Å². The van der Waals surface area contributed by atoms with Crippen LogP contribution in [0, 0.1) is 12.8 Å². The minimum atomic E-state index is -0.197. The Morgan fingerprint density at radius 1 is 1.35 bits per heavy atom. The molecule has 1 aromatic rings. The zero-order valence-corrected chi connectivity index (χ0v) is 14.4. The summed E-state index contributed by atoms with van der Waals surface area (Å²) in [5.41, 5.74) is 1.63. The van der Waals surface area contributed by atoms with Gasteiger partial charge in [0, 0.05) is 23.2 Å². The highest BCUT2D eigenvalue weighted by molar-refractivity contribution is 6.31. The summed E-state index contributed by atoms with van der Waals surface area (Å²) in [5, 5.41) is 3.41. The third-order valence-corrected chi connectivity index (χ3v) is 4.35. The van der Waals surface area contributed by atoms with Gasteiger partial charge in [-0.25, -0.2) is 0 Å². The number of allylic oxidation sites excluding steroid dienone is 2. The van der Waals surface area contributed by atoms with Crippen LogP contribution < -0.4 is 5.32 Å². The molecule has 23 heavy (non-hydrogen) atoms. The lowest BCUT2D eigenvalue weighted by molar-refractivity contribution is -0.138. The Hall–Kier alpha value is -1.81. The second-order valence-corrected chi connectivity index (χ2v) is 6.28. The topological polar surface area (TPSA) is 49.4 Å². The average Bonchev–Trinajstić information content (AvgIpc) is 2.56. The molecule has 0 radical (unpaired) electrons. The SMILES string of the molecule is CCN(CC(=O)Nc1cc(Cl)ccc1C)C(=O)C1CC=CCC1. The molecule has 1 N–H and O–H groups in total. The monoisotopic (exact) mass is 334 g/mol. The highest BCUT2D eigenvalue weighted by atomic mass is 35.5. The molecule has 0 saturated heterocycles. The molecule has 0 heterocycles. The van der Waals surface area contributed by atoms with Gasteiger partial charge in [-0.15, -0.1) is 0 Å². The van der Waals surface area contributed by atoms with E-state index in [1.807, 2.05) is 19.9 Å². The molecule has 124 valence electrons. The van der Waals surface area contributed by atoms with Crippen molar-refractivity contribution in [1.82, 2.24) is 4.90 Å². The Bertz CT molecular complexity index is 613. The third-order valence-electron chi connectivity index (χ3n) is 4.12. The molecular weight excluding hydrogens is 312 g/mol. The van der Waals surface area contributed by atoms with Crippen LogP contribution in [0.2, 0.25) is 5.02 Å². The fourth-order valence-corrected chi connectivity index (χ4v) is 2.89. The predicted molar refractivity (Wildman–Crippen MR) is 93.6 cm³/mol. The molecule has 0 aromatic heterocycles. The van der Waals surface area contributed by atoms with Crippen LogP contribution in [0.25, 0.3) is 0 Å². The number of nitrogens with zero attached hydrogens (tertiary/aromatic N) is 1. The fourth-order valence-electron chi connectivity index (χ4n) is 2.71. The van der Waals surface area contributed by atoms with Gasteiger partial charge in [-0.1, -0.05) is 29.8 Å². The molecular formula is C18H23ClN2O2. The summed E-state index contributed by atoms with van der Waals surface area (Å²) >= 11 is 5.96. The lowest BCUT2D eigenvalue weighted by atomic mass is 9.93. The minimum Gasteiger partial charge on any atom is -0.333 e.